The van der Waals surface area contributed by atoms with Gasteiger partial charge in [0.25, 0.3) is 0 Å². The van der Waals surface area contributed by atoms with Crippen molar-refractivity contribution in [3.05, 3.63) is 34.9 Å². The summed E-state index contributed by atoms with van der Waals surface area (Å²) < 4.78 is 0. The number of rotatable bonds is 6. The first-order valence-electron chi connectivity index (χ1n) is 11.1. The van der Waals surface area contributed by atoms with Crippen LogP contribution in [0.15, 0.2) is 23.8 Å². The van der Waals surface area contributed by atoms with Gasteiger partial charge in [0.2, 0.25) is 0 Å². The summed E-state index contributed by atoms with van der Waals surface area (Å²) >= 11 is 0. The Morgan fingerprint density at radius 2 is 1.89 bits per heavy atom. The van der Waals surface area contributed by atoms with Gasteiger partial charge in [0.1, 0.15) is 5.75 Å². The number of phenols is 1. The van der Waals surface area contributed by atoms with E-state index in [1.165, 1.54) is 19.3 Å². The van der Waals surface area contributed by atoms with Crippen LogP contribution in [0.2, 0.25) is 0 Å². The molecule has 2 nitrogen and oxygen atoms in total. The van der Waals surface area contributed by atoms with Crippen LogP contribution in [0.25, 0.3) is 6.08 Å². The summed E-state index contributed by atoms with van der Waals surface area (Å²) in [4.78, 5) is 13.3. The molecule has 3 unspecified atom stereocenters. The van der Waals surface area contributed by atoms with E-state index in [9.17, 15) is 9.90 Å². The van der Waals surface area contributed by atoms with E-state index in [1.54, 1.807) is 0 Å². The van der Waals surface area contributed by atoms with Gasteiger partial charge in [0, 0.05) is 22.1 Å². The maximum absolute atomic E-state index is 13.3. The van der Waals surface area contributed by atoms with Gasteiger partial charge < -0.3 is 5.11 Å². The molecule has 2 aliphatic rings. The number of phenolic OH excluding ortho intramolecular Hbond substituents is 1. The number of benzene rings is 1. The number of fused-ring (bicyclic) bond motifs is 2. The summed E-state index contributed by atoms with van der Waals surface area (Å²) in [5.74, 6) is 1.40. The minimum atomic E-state index is -0.282. The molecule has 28 heavy (non-hydrogen) atoms. The smallest absolute Gasteiger partial charge is 0.165 e. The first-order chi connectivity index (χ1) is 13.0. The monoisotopic (exact) mass is 382 g/mol. The zero-order valence-corrected chi connectivity index (χ0v) is 18.9. The van der Waals surface area contributed by atoms with E-state index in [4.69, 9.17) is 0 Å². The summed E-state index contributed by atoms with van der Waals surface area (Å²) in [6.45, 7) is 15.5. The van der Waals surface area contributed by atoms with Crippen LogP contribution < -0.4 is 0 Å². The fraction of sp³-hybridized carbons (Fsp3) is 0.654. The van der Waals surface area contributed by atoms with Crippen molar-refractivity contribution in [1.82, 2.24) is 0 Å². The third kappa shape index (κ3) is 3.04. The second-order valence-electron chi connectivity index (χ2n) is 10.7. The molecule has 0 amide bonds. The van der Waals surface area contributed by atoms with Crippen molar-refractivity contribution in [1.29, 1.82) is 0 Å². The van der Waals surface area contributed by atoms with Crippen molar-refractivity contribution in [3.8, 4) is 5.75 Å². The molecule has 2 heteroatoms. The summed E-state index contributed by atoms with van der Waals surface area (Å²) in [7, 11) is 0. The number of carbonyl (C=O) groups is 1. The predicted molar refractivity (Wildman–Crippen MR) is 117 cm³/mol. The molecule has 1 N–H and O–H groups in total. The Balaban J connectivity index is 1.99. The number of aromatic hydroxyl groups is 1. The van der Waals surface area contributed by atoms with E-state index in [0.717, 1.165) is 29.5 Å². The molecule has 3 atom stereocenters. The Kier molecular flexibility index (Phi) is 5.32. The topological polar surface area (TPSA) is 37.3 Å². The lowest BCUT2D eigenvalue weighted by Gasteiger charge is -2.31. The molecule has 1 aromatic carbocycles. The molecule has 2 aliphatic carbocycles. The number of unbranched alkanes of at least 4 members (excludes halogenated alkanes) is 2. The minimum Gasteiger partial charge on any atom is -0.507 e. The highest BCUT2D eigenvalue weighted by Crippen LogP contribution is 2.68. The summed E-state index contributed by atoms with van der Waals surface area (Å²) in [6.07, 6.45) is 7.60. The molecule has 0 aromatic heterocycles. The fourth-order valence-electron chi connectivity index (χ4n) is 6.12. The molecule has 154 valence electrons. The van der Waals surface area contributed by atoms with Crippen LogP contribution in [-0.4, -0.2) is 10.9 Å². The number of para-hydroxylation sites is 1. The van der Waals surface area contributed by atoms with Crippen LogP contribution in [0.5, 0.6) is 5.75 Å². The normalized spacial score (nSPS) is 30.4. The number of hydrogen-bond acceptors (Lipinski definition) is 2. The van der Waals surface area contributed by atoms with Crippen LogP contribution in [0, 0.1) is 22.7 Å². The number of carbonyl (C=O) groups excluding carboxylic acids is 1. The molecule has 0 spiro atoms. The number of hydrogen-bond donors (Lipinski definition) is 1. The second kappa shape index (κ2) is 7.04. The first-order valence-corrected chi connectivity index (χ1v) is 11.1. The summed E-state index contributed by atoms with van der Waals surface area (Å²) in [5.41, 5.74) is 2.32. The Labute approximate surface area is 171 Å². The summed E-state index contributed by atoms with van der Waals surface area (Å²) in [6, 6.07) is 6.02. The van der Waals surface area contributed by atoms with Crippen LogP contribution in [0.4, 0.5) is 0 Å². The molecule has 0 aliphatic heterocycles. The maximum Gasteiger partial charge on any atom is 0.165 e. The lowest BCUT2D eigenvalue weighted by atomic mass is 9.70. The Morgan fingerprint density at radius 3 is 2.50 bits per heavy atom. The first kappa shape index (κ1) is 21.1. The van der Waals surface area contributed by atoms with Gasteiger partial charge in [-0.1, -0.05) is 85.9 Å². The highest BCUT2D eigenvalue weighted by molar-refractivity contribution is 6.08. The number of allylic oxidation sites excluding steroid dienone is 1. The lowest BCUT2D eigenvalue weighted by molar-refractivity contribution is -0.125. The van der Waals surface area contributed by atoms with Crippen molar-refractivity contribution >= 4 is 11.9 Å². The molecule has 0 heterocycles. The number of Topliss-reactive ketones (excluding diaryl/α,β-unsaturated/α-hetero) is 1. The van der Waals surface area contributed by atoms with Gasteiger partial charge >= 0.3 is 0 Å². The molecule has 1 aromatic rings. The molecule has 2 bridgehead atoms. The van der Waals surface area contributed by atoms with Gasteiger partial charge in [0.15, 0.2) is 5.78 Å². The quantitative estimate of drug-likeness (QED) is 0.429. The second-order valence-corrected chi connectivity index (χ2v) is 10.7. The predicted octanol–water partition coefficient (Wildman–Crippen LogP) is 6.90. The Bertz CT molecular complexity index is 799. The fourth-order valence-corrected chi connectivity index (χ4v) is 6.12. The zero-order chi connectivity index (χ0) is 20.9. The van der Waals surface area contributed by atoms with Crippen molar-refractivity contribution in [3.63, 3.8) is 0 Å². The SMILES string of the molecule is CCCCCC(C)(C)c1cccc(C=C2C(=O)C3(C)CC(C)C2C3(C)C)c1O. The van der Waals surface area contributed by atoms with Gasteiger partial charge in [-0.2, -0.15) is 0 Å². The third-order valence-corrected chi connectivity index (χ3v) is 8.11. The highest BCUT2D eigenvalue weighted by atomic mass is 16.3. The molecule has 3 rings (SSSR count). The third-order valence-electron chi connectivity index (χ3n) is 8.11. The lowest BCUT2D eigenvalue weighted by Crippen LogP contribution is -2.32. The summed E-state index contributed by atoms with van der Waals surface area (Å²) in [5, 5.41) is 11.1. The van der Waals surface area contributed by atoms with Crippen LogP contribution in [0.3, 0.4) is 0 Å². The van der Waals surface area contributed by atoms with Crippen molar-refractivity contribution in [2.24, 2.45) is 22.7 Å². The van der Waals surface area contributed by atoms with Crippen molar-refractivity contribution in [2.45, 2.75) is 86.0 Å². The molecular formula is C26H38O2. The average Bonchev–Trinajstić information content (AvgIpc) is 2.86. The maximum atomic E-state index is 13.3. The largest absolute Gasteiger partial charge is 0.507 e. The van der Waals surface area contributed by atoms with Gasteiger partial charge in [0.05, 0.1) is 0 Å². The van der Waals surface area contributed by atoms with Gasteiger partial charge in [-0.3, -0.25) is 4.79 Å². The number of ketones is 1. The van der Waals surface area contributed by atoms with E-state index in [2.05, 4.69) is 48.5 Å². The molecule has 2 fully saturated rings. The van der Waals surface area contributed by atoms with Crippen molar-refractivity contribution in [2.75, 3.05) is 0 Å². The Morgan fingerprint density at radius 1 is 1.21 bits per heavy atom. The molecule has 2 saturated carbocycles. The van der Waals surface area contributed by atoms with Crippen molar-refractivity contribution < 1.29 is 9.90 Å². The Hall–Kier alpha value is -1.57. The standard InChI is InChI=1S/C26H38O2/c1-8-9-10-14-24(3,4)20-13-11-12-18(22(20)27)15-19-21-17(2)16-26(7,23(19)28)25(21,5)6/h11-13,15,17,21,27H,8-10,14,16H2,1-7H3. The molecular weight excluding hydrogens is 344 g/mol. The van der Waals surface area contributed by atoms with Crippen LogP contribution in [0.1, 0.15) is 91.7 Å². The van der Waals surface area contributed by atoms with Gasteiger partial charge in [-0.15, -0.1) is 0 Å². The zero-order valence-electron chi connectivity index (χ0n) is 18.9. The van der Waals surface area contributed by atoms with Crippen LogP contribution >= 0.6 is 0 Å². The van der Waals surface area contributed by atoms with E-state index in [0.29, 0.717) is 11.7 Å². The highest BCUT2D eigenvalue weighted by Gasteiger charge is 2.66. The van der Waals surface area contributed by atoms with E-state index < -0.39 is 0 Å². The van der Waals surface area contributed by atoms with E-state index in [1.807, 2.05) is 24.3 Å². The van der Waals surface area contributed by atoms with Crippen LogP contribution in [-0.2, 0) is 10.2 Å². The molecule has 0 radical (unpaired) electrons. The van der Waals surface area contributed by atoms with E-state index >= 15 is 0 Å². The average molecular weight is 383 g/mol. The molecule has 0 saturated heterocycles. The van der Waals surface area contributed by atoms with Gasteiger partial charge in [-0.05, 0) is 41.6 Å². The van der Waals surface area contributed by atoms with E-state index in [-0.39, 0.29) is 27.9 Å². The van der Waals surface area contributed by atoms with Gasteiger partial charge in [-0.25, -0.2) is 0 Å². The minimum absolute atomic E-state index is 0.0258.